The predicted octanol–water partition coefficient (Wildman–Crippen LogP) is -7.57. The average molecular weight is 504 g/mol. The molecule has 0 aromatic carbocycles. The van der Waals surface area contributed by atoms with Gasteiger partial charge in [0.25, 0.3) is 0 Å². The Morgan fingerprint density at radius 2 is 1.15 bits per heavy atom. The highest BCUT2D eigenvalue weighted by atomic mass is 16.8. The van der Waals surface area contributed by atoms with Crippen molar-refractivity contribution in [2.45, 2.75) is 92.1 Å². The van der Waals surface area contributed by atoms with Crippen LogP contribution in [0.1, 0.15) is 0 Å². The fourth-order valence-corrected chi connectivity index (χ4v) is 4.09. The van der Waals surface area contributed by atoms with Gasteiger partial charge in [0, 0.05) is 0 Å². The molecule has 3 saturated heterocycles. The van der Waals surface area contributed by atoms with Gasteiger partial charge in [0.1, 0.15) is 73.2 Å². The SMILES string of the molecule is OC[C@@H](O)[C@@H]1O[C@@H](O[C@H]2[C@@H](O)[C@@H](CO)O[C@H](O[C@H]3[C@H]([C@H](O)CO)OC(O)[C@@H]3O)[C@@H]2O)[C@H](O)[C@H]1O. The molecule has 0 saturated carbocycles. The summed E-state index contributed by atoms with van der Waals surface area (Å²) in [6, 6.07) is 0. The number of ether oxygens (including phenoxy) is 5. The molecule has 0 aromatic rings. The molecule has 0 amide bonds. The summed E-state index contributed by atoms with van der Waals surface area (Å²) < 4.78 is 26.4. The molecule has 0 aromatic heterocycles. The highest BCUT2D eigenvalue weighted by Crippen LogP contribution is 2.33. The quantitative estimate of drug-likeness (QED) is 0.139. The molecule has 16 nitrogen and oxygen atoms in total. The van der Waals surface area contributed by atoms with Crippen LogP contribution in [0.25, 0.3) is 0 Å². The fourth-order valence-electron chi connectivity index (χ4n) is 4.09. The Bertz CT molecular complexity index is 641. The molecule has 16 heteroatoms. The van der Waals surface area contributed by atoms with Crippen LogP contribution in [0.4, 0.5) is 0 Å². The zero-order chi connectivity index (χ0) is 25.3. The van der Waals surface area contributed by atoms with E-state index in [4.69, 9.17) is 28.8 Å². The minimum atomic E-state index is -1.88. The van der Waals surface area contributed by atoms with Crippen LogP contribution >= 0.6 is 0 Å². The van der Waals surface area contributed by atoms with E-state index in [0.717, 1.165) is 0 Å². The van der Waals surface area contributed by atoms with E-state index in [1.165, 1.54) is 0 Å². The van der Waals surface area contributed by atoms with Gasteiger partial charge < -0.3 is 79.9 Å². The molecule has 3 rings (SSSR count). The van der Waals surface area contributed by atoms with Crippen molar-refractivity contribution in [2.24, 2.45) is 0 Å². The molecule has 34 heavy (non-hydrogen) atoms. The monoisotopic (exact) mass is 504 g/mol. The summed E-state index contributed by atoms with van der Waals surface area (Å²) >= 11 is 0. The van der Waals surface area contributed by atoms with Crippen LogP contribution in [0.3, 0.4) is 0 Å². The van der Waals surface area contributed by atoms with Crippen molar-refractivity contribution in [3.63, 3.8) is 0 Å². The molecule has 0 radical (unpaired) electrons. The van der Waals surface area contributed by atoms with Crippen molar-refractivity contribution >= 4 is 0 Å². The highest BCUT2D eigenvalue weighted by molar-refractivity contribution is 4.97. The molecule has 11 N–H and O–H groups in total. The molecule has 3 aliphatic rings. The van der Waals surface area contributed by atoms with Crippen LogP contribution in [0.15, 0.2) is 0 Å². The van der Waals surface area contributed by atoms with E-state index in [1.807, 2.05) is 0 Å². The van der Waals surface area contributed by atoms with Crippen LogP contribution in [0.5, 0.6) is 0 Å². The minimum absolute atomic E-state index is 0.800. The van der Waals surface area contributed by atoms with Crippen LogP contribution in [-0.2, 0) is 23.7 Å². The molecular formula is C18H32O16. The van der Waals surface area contributed by atoms with Crippen LogP contribution in [0.2, 0.25) is 0 Å². The van der Waals surface area contributed by atoms with Crippen LogP contribution in [0, 0.1) is 0 Å². The normalized spacial score (nSPS) is 49.3. The number of hydrogen-bond donors (Lipinski definition) is 11. The molecule has 3 fully saturated rings. The lowest BCUT2D eigenvalue weighted by atomic mass is 9.98. The largest absolute Gasteiger partial charge is 0.394 e. The van der Waals surface area contributed by atoms with Gasteiger partial charge in [-0.25, -0.2) is 0 Å². The Kier molecular flexibility index (Phi) is 9.54. The summed E-state index contributed by atoms with van der Waals surface area (Å²) in [7, 11) is 0. The molecule has 3 heterocycles. The number of aliphatic hydroxyl groups excluding tert-OH is 11. The van der Waals surface area contributed by atoms with Gasteiger partial charge in [-0.3, -0.25) is 0 Å². The number of hydrogen-bond acceptors (Lipinski definition) is 16. The van der Waals surface area contributed by atoms with E-state index in [1.54, 1.807) is 0 Å². The Labute approximate surface area is 192 Å². The molecule has 200 valence electrons. The third-order valence-electron chi connectivity index (χ3n) is 6.04. The summed E-state index contributed by atoms with van der Waals surface area (Å²) in [6.07, 6.45) is -24.7. The third kappa shape index (κ3) is 5.37. The van der Waals surface area contributed by atoms with Crippen molar-refractivity contribution < 1.29 is 79.9 Å². The zero-order valence-electron chi connectivity index (χ0n) is 17.7. The van der Waals surface area contributed by atoms with Gasteiger partial charge in [-0.05, 0) is 0 Å². The Hall–Kier alpha value is -0.640. The lowest BCUT2D eigenvalue weighted by Gasteiger charge is -2.43. The fraction of sp³-hybridized carbons (Fsp3) is 1.00. The maximum absolute atomic E-state index is 10.7. The number of rotatable bonds is 9. The summed E-state index contributed by atoms with van der Waals surface area (Å²) in [5.74, 6) is 0. The summed E-state index contributed by atoms with van der Waals surface area (Å²) in [4.78, 5) is 0. The van der Waals surface area contributed by atoms with Crippen molar-refractivity contribution in [1.82, 2.24) is 0 Å². The number of aliphatic hydroxyl groups is 11. The molecular weight excluding hydrogens is 472 g/mol. The zero-order valence-corrected chi connectivity index (χ0v) is 17.7. The van der Waals surface area contributed by atoms with E-state index in [0.29, 0.717) is 0 Å². The van der Waals surface area contributed by atoms with Crippen molar-refractivity contribution in [1.29, 1.82) is 0 Å². The van der Waals surface area contributed by atoms with Crippen molar-refractivity contribution in [3.05, 3.63) is 0 Å². The van der Waals surface area contributed by atoms with Gasteiger partial charge >= 0.3 is 0 Å². The average Bonchev–Trinajstić information content (AvgIpc) is 3.27. The first-order valence-electron chi connectivity index (χ1n) is 10.6. The van der Waals surface area contributed by atoms with Crippen LogP contribution in [-0.4, -0.2) is 168 Å². The Morgan fingerprint density at radius 1 is 0.588 bits per heavy atom. The van der Waals surface area contributed by atoms with Gasteiger partial charge in [0.2, 0.25) is 0 Å². The lowest BCUT2D eigenvalue weighted by molar-refractivity contribution is -0.343. The molecule has 0 aliphatic carbocycles. The molecule has 15 atom stereocenters. The van der Waals surface area contributed by atoms with Crippen molar-refractivity contribution in [2.75, 3.05) is 19.8 Å². The Morgan fingerprint density at radius 3 is 1.74 bits per heavy atom. The van der Waals surface area contributed by atoms with E-state index < -0.39 is 112 Å². The summed E-state index contributed by atoms with van der Waals surface area (Å²) in [5.41, 5.74) is 0. The first kappa shape index (κ1) is 27.9. The molecule has 0 spiro atoms. The van der Waals surface area contributed by atoms with Gasteiger partial charge in [-0.1, -0.05) is 0 Å². The molecule has 1 unspecified atom stereocenters. The third-order valence-corrected chi connectivity index (χ3v) is 6.04. The second-order valence-electron chi connectivity index (χ2n) is 8.34. The maximum atomic E-state index is 10.7. The molecule has 0 bridgehead atoms. The lowest BCUT2D eigenvalue weighted by Crippen LogP contribution is -2.62. The summed E-state index contributed by atoms with van der Waals surface area (Å²) in [6.45, 7) is -2.42. The standard InChI is InChI=1S/C18H32O16/c19-1-4(22)12-8(25)9(26)17(32-12)33-14-7(24)6(3-21)30-18(11(14)28)34-15-10(27)16(29)31-13(15)5(23)2-20/h4-29H,1-3H2/t4-,5-,6-,7+,8-,9-,10-,11-,12+,13+,14+,15-,16?,17+,18-/m1/s1. The van der Waals surface area contributed by atoms with E-state index in [-0.39, 0.29) is 0 Å². The van der Waals surface area contributed by atoms with E-state index in [9.17, 15) is 51.1 Å². The summed E-state index contributed by atoms with van der Waals surface area (Å²) in [5, 5.41) is 109. The maximum Gasteiger partial charge on any atom is 0.187 e. The van der Waals surface area contributed by atoms with Gasteiger partial charge in [-0.15, -0.1) is 0 Å². The second-order valence-corrected chi connectivity index (χ2v) is 8.34. The van der Waals surface area contributed by atoms with Gasteiger partial charge in [-0.2, -0.15) is 0 Å². The second kappa shape index (κ2) is 11.6. The van der Waals surface area contributed by atoms with Crippen LogP contribution < -0.4 is 0 Å². The Balaban J connectivity index is 1.76. The first-order valence-corrected chi connectivity index (χ1v) is 10.6. The van der Waals surface area contributed by atoms with E-state index >= 15 is 0 Å². The van der Waals surface area contributed by atoms with E-state index in [2.05, 4.69) is 0 Å². The van der Waals surface area contributed by atoms with Crippen molar-refractivity contribution in [3.8, 4) is 0 Å². The topological polar surface area (TPSA) is 269 Å². The van der Waals surface area contributed by atoms with Gasteiger partial charge in [0.05, 0.1) is 19.8 Å². The smallest absolute Gasteiger partial charge is 0.187 e. The first-order chi connectivity index (χ1) is 16.0. The minimum Gasteiger partial charge on any atom is -0.394 e. The highest BCUT2D eigenvalue weighted by Gasteiger charge is 2.54. The van der Waals surface area contributed by atoms with Gasteiger partial charge in [0.15, 0.2) is 18.9 Å². The molecule has 3 aliphatic heterocycles. The predicted molar refractivity (Wildman–Crippen MR) is 101 cm³/mol.